The van der Waals surface area contributed by atoms with Gasteiger partial charge in [-0.1, -0.05) is 6.07 Å². The van der Waals surface area contributed by atoms with Crippen LogP contribution in [0.15, 0.2) is 18.2 Å². The number of nitrogens with one attached hydrogen (secondary N) is 1. The quantitative estimate of drug-likeness (QED) is 0.740. The Kier molecular flexibility index (Phi) is 5.06. The molecule has 7 heteroatoms. The van der Waals surface area contributed by atoms with Crippen molar-refractivity contribution in [1.82, 2.24) is 5.32 Å². The topological polar surface area (TPSA) is 97.3 Å². The van der Waals surface area contributed by atoms with Crippen LogP contribution < -0.4 is 14.8 Å². The highest BCUT2D eigenvalue weighted by molar-refractivity contribution is 5.63. The molecule has 1 amide bonds. The minimum absolute atomic E-state index is 0.0692. The normalized spacial score (nSPS) is 15.6. The van der Waals surface area contributed by atoms with E-state index in [1.165, 1.54) is 13.1 Å². The van der Waals surface area contributed by atoms with Gasteiger partial charge in [-0.3, -0.25) is 0 Å². The van der Waals surface area contributed by atoms with Gasteiger partial charge in [0.05, 0.1) is 6.61 Å². The van der Waals surface area contributed by atoms with E-state index < -0.39 is 12.6 Å². The fraction of sp³-hybridized carbons (Fsp3) is 0.364. The van der Waals surface area contributed by atoms with Crippen LogP contribution in [0.3, 0.4) is 0 Å². The van der Waals surface area contributed by atoms with Crippen molar-refractivity contribution in [2.45, 2.75) is 13.4 Å². The third kappa shape index (κ3) is 3.70. The van der Waals surface area contributed by atoms with E-state index >= 15 is 0 Å². The Labute approximate surface area is 104 Å². The Morgan fingerprint density at radius 3 is 2.67 bits per heavy atom. The number of carboxylic acid groups (broad SMARTS) is 1. The number of ether oxygens (including phenoxy) is 3. The highest BCUT2D eigenvalue weighted by Gasteiger charge is 2.26. The van der Waals surface area contributed by atoms with Crippen LogP contribution in [-0.2, 0) is 4.74 Å². The van der Waals surface area contributed by atoms with Crippen molar-refractivity contribution in [2.24, 2.45) is 0 Å². The van der Waals surface area contributed by atoms with Gasteiger partial charge in [0.1, 0.15) is 0 Å². The molecule has 1 unspecified atom stereocenters. The summed E-state index contributed by atoms with van der Waals surface area (Å²) in [6.45, 7) is 1.61. The predicted octanol–water partition coefficient (Wildman–Crippen LogP) is 1.37. The van der Waals surface area contributed by atoms with Crippen molar-refractivity contribution in [3.63, 3.8) is 0 Å². The summed E-state index contributed by atoms with van der Waals surface area (Å²) in [5.74, 6) is 0.930. The molecule has 1 aromatic carbocycles. The van der Waals surface area contributed by atoms with Gasteiger partial charge in [-0.15, -0.1) is 0 Å². The van der Waals surface area contributed by atoms with Crippen LogP contribution in [0.2, 0.25) is 0 Å². The zero-order valence-electron chi connectivity index (χ0n) is 10.0. The summed E-state index contributed by atoms with van der Waals surface area (Å²) in [5, 5.41) is 18.9. The first-order valence-corrected chi connectivity index (χ1v) is 5.26. The van der Waals surface area contributed by atoms with E-state index in [0.717, 1.165) is 0 Å². The number of para-hydroxylation sites is 1. The van der Waals surface area contributed by atoms with E-state index in [-0.39, 0.29) is 5.75 Å². The molecule has 0 aromatic heterocycles. The molecule has 18 heavy (non-hydrogen) atoms. The molecule has 0 saturated heterocycles. The second-order valence-electron chi connectivity index (χ2n) is 3.14. The molecule has 1 atom stereocenters. The van der Waals surface area contributed by atoms with Gasteiger partial charge >= 0.3 is 12.6 Å². The molecule has 1 heterocycles. The first kappa shape index (κ1) is 13.9. The maximum Gasteiger partial charge on any atom is 0.404 e. The lowest BCUT2D eigenvalue weighted by Gasteiger charge is -2.08. The minimum Gasteiger partial charge on any atom is -0.504 e. The van der Waals surface area contributed by atoms with Gasteiger partial charge in [-0.2, -0.15) is 0 Å². The zero-order valence-corrected chi connectivity index (χ0v) is 10.0. The lowest BCUT2D eigenvalue weighted by atomic mass is 10.3. The summed E-state index contributed by atoms with van der Waals surface area (Å²) in [4.78, 5) is 9.26. The standard InChI is InChI=1S/C9H10O4.C2H5NO2/c1-2-11-9-12-7-5-3-4-6(10)8(7)13-9;1-3-2(4)5/h3-5,9-10H,2H2,1H3;3H,1H3,(H,4,5). The molecule has 0 spiro atoms. The van der Waals surface area contributed by atoms with Crippen molar-refractivity contribution >= 4 is 6.09 Å². The van der Waals surface area contributed by atoms with Gasteiger partial charge in [0.15, 0.2) is 11.5 Å². The number of rotatable bonds is 2. The van der Waals surface area contributed by atoms with Crippen LogP contribution >= 0.6 is 0 Å². The van der Waals surface area contributed by atoms with Crippen molar-refractivity contribution in [1.29, 1.82) is 0 Å². The zero-order chi connectivity index (χ0) is 13.5. The van der Waals surface area contributed by atoms with Crippen LogP contribution in [-0.4, -0.2) is 36.4 Å². The Hall–Kier alpha value is -2.15. The van der Waals surface area contributed by atoms with E-state index in [0.29, 0.717) is 18.1 Å². The van der Waals surface area contributed by atoms with Gasteiger partial charge in [-0.05, 0) is 19.1 Å². The number of aromatic hydroxyl groups is 1. The molecule has 2 rings (SSSR count). The smallest absolute Gasteiger partial charge is 0.404 e. The minimum atomic E-state index is -0.995. The molecule has 100 valence electrons. The summed E-state index contributed by atoms with van der Waals surface area (Å²) in [7, 11) is 1.35. The third-order valence-corrected chi connectivity index (χ3v) is 1.91. The molecule has 7 nitrogen and oxygen atoms in total. The first-order valence-electron chi connectivity index (χ1n) is 5.26. The predicted molar refractivity (Wildman–Crippen MR) is 61.9 cm³/mol. The monoisotopic (exact) mass is 257 g/mol. The number of phenols is 1. The number of phenolic OH excluding ortho intramolecular Hbond substituents is 1. The number of hydrogen-bond acceptors (Lipinski definition) is 5. The fourth-order valence-corrected chi connectivity index (χ4v) is 1.14. The van der Waals surface area contributed by atoms with E-state index in [1.807, 2.05) is 12.2 Å². The molecular formula is C11H15NO6. The van der Waals surface area contributed by atoms with Crippen LogP contribution in [0, 0.1) is 0 Å². The Balaban J connectivity index is 0.000000280. The van der Waals surface area contributed by atoms with E-state index in [1.54, 1.807) is 12.1 Å². The second kappa shape index (κ2) is 6.55. The van der Waals surface area contributed by atoms with Crippen molar-refractivity contribution in [3.05, 3.63) is 18.2 Å². The third-order valence-electron chi connectivity index (χ3n) is 1.91. The lowest BCUT2D eigenvalue weighted by molar-refractivity contribution is -0.173. The SMILES string of the molecule is CCOC1Oc2cccc(O)c2O1.CNC(=O)O. The molecular weight excluding hydrogens is 242 g/mol. The number of fused-ring (bicyclic) bond motifs is 1. The Morgan fingerprint density at radius 2 is 2.17 bits per heavy atom. The van der Waals surface area contributed by atoms with E-state index in [4.69, 9.17) is 19.3 Å². The number of carbonyl (C=O) groups is 1. The number of amides is 1. The highest BCUT2D eigenvalue weighted by atomic mass is 16.9. The fourth-order valence-electron chi connectivity index (χ4n) is 1.14. The number of hydrogen-bond donors (Lipinski definition) is 3. The highest BCUT2D eigenvalue weighted by Crippen LogP contribution is 2.41. The molecule has 1 aliphatic heterocycles. The molecule has 0 saturated carbocycles. The van der Waals surface area contributed by atoms with Crippen molar-refractivity contribution < 1.29 is 29.2 Å². The number of benzene rings is 1. The van der Waals surface area contributed by atoms with Crippen LogP contribution in [0.1, 0.15) is 6.92 Å². The summed E-state index contributed by atoms with van der Waals surface area (Å²) in [6.07, 6.45) is -0.995. The molecule has 0 aliphatic carbocycles. The average Bonchev–Trinajstić information content (AvgIpc) is 2.74. The summed E-state index contributed by atoms with van der Waals surface area (Å²) >= 11 is 0. The molecule has 0 fully saturated rings. The van der Waals surface area contributed by atoms with Gasteiger partial charge < -0.3 is 29.7 Å². The average molecular weight is 257 g/mol. The van der Waals surface area contributed by atoms with Crippen LogP contribution in [0.4, 0.5) is 4.79 Å². The van der Waals surface area contributed by atoms with Crippen LogP contribution in [0.5, 0.6) is 17.2 Å². The van der Waals surface area contributed by atoms with E-state index in [2.05, 4.69) is 0 Å². The molecule has 0 bridgehead atoms. The largest absolute Gasteiger partial charge is 0.504 e. The maximum absolute atomic E-state index is 9.36. The van der Waals surface area contributed by atoms with Crippen LogP contribution in [0.25, 0.3) is 0 Å². The van der Waals surface area contributed by atoms with E-state index in [9.17, 15) is 9.90 Å². The molecule has 1 aliphatic rings. The summed E-state index contributed by atoms with van der Waals surface area (Å²) < 4.78 is 15.5. The van der Waals surface area contributed by atoms with Crippen molar-refractivity contribution in [2.75, 3.05) is 13.7 Å². The van der Waals surface area contributed by atoms with Crippen molar-refractivity contribution in [3.8, 4) is 17.2 Å². The molecule has 0 radical (unpaired) electrons. The van der Waals surface area contributed by atoms with Gasteiger partial charge in [-0.25, -0.2) is 4.79 Å². The van der Waals surface area contributed by atoms with Gasteiger partial charge in [0, 0.05) is 7.05 Å². The summed E-state index contributed by atoms with van der Waals surface area (Å²) in [5.41, 5.74) is 0. The first-order chi connectivity index (χ1) is 8.58. The second-order valence-corrected chi connectivity index (χ2v) is 3.14. The lowest BCUT2D eigenvalue weighted by Crippen LogP contribution is -2.21. The Morgan fingerprint density at radius 1 is 1.50 bits per heavy atom. The summed E-state index contributed by atoms with van der Waals surface area (Å²) in [6, 6.07) is 4.94. The Bertz CT molecular complexity index is 409. The maximum atomic E-state index is 9.36. The molecule has 1 aromatic rings. The molecule has 3 N–H and O–H groups in total. The van der Waals surface area contributed by atoms with Gasteiger partial charge in [0.2, 0.25) is 5.75 Å². The van der Waals surface area contributed by atoms with Gasteiger partial charge in [0.25, 0.3) is 0 Å².